The molecule has 0 bridgehead atoms. The fourth-order valence-electron chi connectivity index (χ4n) is 1.87. The normalized spacial score (nSPS) is 10.9. The summed E-state index contributed by atoms with van der Waals surface area (Å²) in [6.45, 7) is 5.39. The van der Waals surface area contributed by atoms with Crippen LogP contribution in [0.3, 0.4) is 0 Å². The SMILES string of the molecule is C=C(F)C(=O)OCCCCCCCCC=CCCCC. The molecule has 0 unspecified atom stereocenters. The monoisotopic (exact) mass is 284 g/mol. The Balaban J connectivity index is 3.15. The first kappa shape index (κ1) is 18.9. The molecule has 0 radical (unpaired) electrons. The van der Waals surface area contributed by atoms with Gasteiger partial charge in [-0.25, -0.2) is 4.79 Å². The van der Waals surface area contributed by atoms with E-state index in [1.165, 1.54) is 44.9 Å². The molecule has 0 amide bonds. The lowest BCUT2D eigenvalue weighted by Gasteiger charge is -2.03. The third-order valence-corrected chi connectivity index (χ3v) is 3.11. The topological polar surface area (TPSA) is 26.3 Å². The second-order valence-electron chi connectivity index (χ2n) is 5.06. The molecule has 0 aliphatic heterocycles. The highest BCUT2D eigenvalue weighted by Gasteiger charge is 2.05. The molecule has 0 rings (SSSR count). The molecule has 0 aromatic rings. The molecule has 0 aromatic heterocycles. The average Bonchev–Trinajstić information content (AvgIpc) is 2.43. The van der Waals surface area contributed by atoms with E-state index >= 15 is 0 Å². The third-order valence-electron chi connectivity index (χ3n) is 3.11. The van der Waals surface area contributed by atoms with Gasteiger partial charge in [0.15, 0.2) is 0 Å². The molecule has 3 heteroatoms. The molecule has 0 N–H and O–H groups in total. The Morgan fingerprint density at radius 1 is 1.00 bits per heavy atom. The zero-order valence-electron chi connectivity index (χ0n) is 12.8. The number of hydrogen-bond donors (Lipinski definition) is 0. The first-order valence-electron chi connectivity index (χ1n) is 7.85. The van der Waals surface area contributed by atoms with Gasteiger partial charge in [0.2, 0.25) is 5.83 Å². The van der Waals surface area contributed by atoms with E-state index in [1.807, 2.05) is 0 Å². The van der Waals surface area contributed by atoms with Crippen molar-refractivity contribution in [3.05, 3.63) is 24.6 Å². The fourth-order valence-corrected chi connectivity index (χ4v) is 1.87. The van der Waals surface area contributed by atoms with Crippen LogP contribution in [-0.4, -0.2) is 12.6 Å². The number of rotatable bonds is 13. The van der Waals surface area contributed by atoms with E-state index in [9.17, 15) is 9.18 Å². The van der Waals surface area contributed by atoms with Crippen molar-refractivity contribution in [3.63, 3.8) is 0 Å². The van der Waals surface area contributed by atoms with Crippen molar-refractivity contribution >= 4 is 5.97 Å². The Labute approximate surface area is 123 Å². The molecule has 0 saturated heterocycles. The van der Waals surface area contributed by atoms with E-state index in [0.717, 1.165) is 19.3 Å². The summed E-state index contributed by atoms with van der Waals surface area (Å²) in [6, 6.07) is 0. The molecular weight excluding hydrogens is 255 g/mol. The van der Waals surface area contributed by atoms with Gasteiger partial charge < -0.3 is 4.74 Å². The van der Waals surface area contributed by atoms with Crippen LogP contribution < -0.4 is 0 Å². The Bertz CT molecular complexity index is 285. The summed E-state index contributed by atoms with van der Waals surface area (Å²) >= 11 is 0. The molecule has 0 aromatic carbocycles. The van der Waals surface area contributed by atoms with Crippen molar-refractivity contribution < 1.29 is 13.9 Å². The molecule has 0 atom stereocenters. The van der Waals surface area contributed by atoms with E-state index in [-0.39, 0.29) is 0 Å². The predicted molar refractivity (Wildman–Crippen MR) is 82.2 cm³/mol. The number of carbonyl (C=O) groups is 1. The maximum Gasteiger partial charge on any atom is 0.366 e. The minimum Gasteiger partial charge on any atom is -0.460 e. The lowest BCUT2D eigenvalue weighted by atomic mass is 10.1. The number of ether oxygens (including phenoxy) is 1. The van der Waals surface area contributed by atoms with Gasteiger partial charge in [-0.15, -0.1) is 0 Å². The van der Waals surface area contributed by atoms with Crippen LogP contribution in [0.4, 0.5) is 4.39 Å². The summed E-state index contributed by atoms with van der Waals surface area (Å²) in [5.74, 6) is -1.95. The zero-order valence-corrected chi connectivity index (χ0v) is 12.8. The number of esters is 1. The van der Waals surface area contributed by atoms with Gasteiger partial charge in [-0.3, -0.25) is 0 Å². The summed E-state index contributed by atoms with van der Waals surface area (Å²) in [4.78, 5) is 10.7. The fraction of sp³-hybridized carbons (Fsp3) is 0.706. The molecule has 0 spiro atoms. The summed E-state index contributed by atoms with van der Waals surface area (Å²) < 4.78 is 16.9. The molecule has 0 saturated carbocycles. The van der Waals surface area contributed by atoms with Crippen LogP contribution in [0.15, 0.2) is 24.6 Å². The highest BCUT2D eigenvalue weighted by Crippen LogP contribution is 2.08. The van der Waals surface area contributed by atoms with Gasteiger partial charge in [-0.2, -0.15) is 4.39 Å². The van der Waals surface area contributed by atoms with E-state index in [1.54, 1.807) is 0 Å². The van der Waals surface area contributed by atoms with E-state index < -0.39 is 11.8 Å². The second kappa shape index (κ2) is 14.3. The molecular formula is C17H29FO2. The van der Waals surface area contributed by atoms with Gasteiger partial charge in [0.05, 0.1) is 6.61 Å². The predicted octanol–water partition coefficient (Wildman–Crippen LogP) is 5.49. The molecule has 20 heavy (non-hydrogen) atoms. The summed E-state index contributed by atoms with van der Waals surface area (Å²) in [6.07, 6.45) is 16.2. The highest BCUT2D eigenvalue weighted by atomic mass is 19.1. The van der Waals surface area contributed by atoms with Crippen molar-refractivity contribution in [2.45, 2.75) is 71.1 Å². The van der Waals surface area contributed by atoms with E-state index in [0.29, 0.717) is 6.61 Å². The maximum atomic E-state index is 12.3. The van der Waals surface area contributed by atoms with Crippen LogP contribution >= 0.6 is 0 Å². The molecule has 0 aliphatic carbocycles. The van der Waals surface area contributed by atoms with Gasteiger partial charge in [0.25, 0.3) is 0 Å². The molecule has 0 heterocycles. The maximum absolute atomic E-state index is 12.3. The van der Waals surface area contributed by atoms with Gasteiger partial charge in [-0.05, 0) is 25.7 Å². The lowest BCUT2D eigenvalue weighted by molar-refractivity contribution is -0.140. The average molecular weight is 284 g/mol. The molecule has 2 nitrogen and oxygen atoms in total. The lowest BCUT2D eigenvalue weighted by Crippen LogP contribution is -2.05. The van der Waals surface area contributed by atoms with Crippen LogP contribution in [0.5, 0.6) is 0 Å². The van der Waals surface area contributed by atoms with Crippen molar-refractivity contribution in [1.29, 1.82) is 0 Å². The Hall–Kier alpha value is -1.12. The quantitative estimate of drug-likeness (QED) is 0.193. The summed E-state index contributed by atoms with van der Waals surface area (Å²) in [5.41, 5.74) is 0. The van der Waals surface area contributed by atoms with Crippen LogP contribution in [0.1, 0.15) is 71.1 Å². The summed E-state index contributed by atoms with van der Waals surface area (Å²) in [5, 5.41) is 0. The highest BCUT2D eigenvalue weighted by molar-refractivity contribution is 5.85. The largest absolute Gasteiger partial charge is 0.460 e. The first-order chi connectivity index (χ1) is 9.68. The van der Waals surface area contributed by atoms with Crippen LogP contribution in [0.2, 0.25) is 0 Å². The third kappa shape index (κ3) is 13.3. The zero-order chi connectivity index (χ0) is 15.1. The number of unbranched alkanes of at least 4 members (excludes halogenated alkanes) is 8. The number of carbonyl (C=O) groups excluding carboxylic acids is 1. The standard InChI is InChI=1S/C17H29FO2/c1-3-4-5-6-7-8-9-10-11-12-13-14-15-20-17(19)16(2)18/h6-7H,2-5,8-15H2,1H3. The first-order valence-corrected chi connectivity index (χ1v) is 7.85. The van der Waals surface area contributed by atoms with Gasteiger partial charge >= 0.3 is 5.97 Å². The van der Waals surface area contributed by atoms with Gasteiger partial charge in [-0.1, -0.05) is 64.2 Å². The van der Waals surface area contributed by atoms with Crippen molar-refractivity contribution in [2.75, 3.05) is 6.61 Å². The van der Waals surface area contributed by atoms with Crippen LogP contribution in [0.25, 0.3) is 0 Å². The van der Waals surface area contributed by atoms with Crippen LogP contribution in [0, 0.1) is 0 Å². The van der Waals surface area contributed by atoms with Crippen molar-refractivity contribution in [3.8, 4) is 0 Å². The second-order valence-corrected chi connectivity index (χ2v) is 5.06. The van der Waals surface area contributed by atoms with Crippen molar-refractivity contribution in [2.24, 2.45) is 0 Å². The Kier molecular flexibility index (Phi) is 13.5. The molecule has 116 valence electrons. The minimum absolute atomic E-state index is 0.294. The minimum atomic E-state index is -1.02. The smallest absolute Gasteiger partial charge is 0.366 e. The number of allylic oxidation sites excluding steroid dienone is 2. The van der Waals surface area contributed by atoms with Gasteiger partial charge in [0, 0.05) is 0 Å². The molecule has 0 aliphatic rings. The molecule has 0 fully saturated rings. The van der Waals surface area contributed by atoms with Crippen LogP contribution in [-0.2, 0) is 9.53 Å². The van der Waals surface area contributed by atoms with Crippen molar-refractivity contribution in [1.82, 2.24) is 0 Å². The Morgan fingerprint density at radius 2 is 1.55 bits per heavy atom. The summed E-state index contributed by atoms with van der Waals surface area (Å²) in [7, 11) is 0. The number of hydrogen-bond acceptors (Lipinski definition) is 2. The van der Waals surface area contributed by atoms with E-state index in [2.05, 4.69) is 30.4 Å². The number of halogens is 1. The Morgan fingerprint density at radius 3 is 2.15 bits per heavy atom. The van der Waals surface area contributed by atoms with Gasteiger partial charge in [0.1, 0.15) is 0 Å². The van der Waals surface area contributed by atoms with E-state index in [4.69, 9.17) is 0 Å².